The molecule has 1 heterocycles. The van der Waals surface area contributed by atoms with Crippen LogP contribution in [0.4, 0.5) is 0 Å². The molecule has 0 aliphatic rings. The van der Waals surface area contributed by atoms with Gasteiger partial charge in [-0.1, -0.05) is 11.8 Å². The average molecular weight is 300 g/mol. The van der Waals surface area contributed by atoms with E-state index in [9.17, 15) is 9.90 Å². The van der Waals surface area contributed by atoms with Gasteiger partial charge in [0, 0.05) is 28.4 Å². The molecule has 4 nitrogen and oxygen atoms in total. The third-order valence-electron chi connectivity index (χ3n) is 2.84. The molecular weight excluding hydrogens is 284 g/mol. The van der Waals surface area contributed by atoms with Crippen LogP contribution in [0.15, 0.2) is 35.7 Å². The Morgan fingerprint density at radius 3 is 2.76 bits per heavy atom. The summed E-state index contributed by atoms with van der Waals surface area (Å²) in [7, 11) is 1.75. The zero-order chi connectivity index (χ0) is 15.2. The second-order valence-corrected chi connectivity index (χ2v) is 5.51. The first kappa shape index (κ1) is 15.1. The van der Waals surface area contributed by atoms with Crippen LogP contribution in [0.5, 0.6) is 5.75 Å². The number of phenols is 1. The molecule has 0 aliphatic heterocycles. The Bertz CT molecular complexity index is 680. The first-order valence-electron chi connectivity index (χ1n) is 6.41. The summed E-state index contributed by atoms with van der Waals surface area (Å²) in [5.41, 5.74) is 6.81. The molecule has 1 aromatic carbocycles. The van der Waals surface area contributed by atoms with E-state index in [1.807, 2.05) is 11.4 Å². The second-order valence-electron chi connectivity index (χ2n) is 4.52. The van der Waals surface area contributed by atoms with Gasteiger partial charge < -0.3 is 15.7 Å². The molecule has 0 bridgehead atoms. The van der Waals surface area contributed by atoms with Crippen LogP contribution >= 0.6 is 11.3 Å². The normalized spacial score (nSPS) is 9.81. The smallest absolute Gasteiger partial charge is 0.253 e. The van der Waals surface area contributed by atoms with Crippen LogP contribution in [0.1, 0.15) is 20.8 Å². The van der Waals surface area contributed by atoms with Crippen LogP contribution in [0.25, 0.3) is 0 Å². The Balaban J connectivity index is 2.03. The van der Waals surface area contributed by atoms with Gasteiger partial charge in [-0.15, -0.1) is 11.3 Å². The minimum atomic E-state index is -0.0852. The van der Waals surface area contributed by atoms with Crippen LogP contribution in [0.2, 0.25) is 0 Å². The SMILES string of the molecule is CN(Cc1cc(C#CCN)cs1)C(=O)c1ccc(O)cc1. The molecule has 0 fully saturated rings. The van der Waals surface area contributed by atoms with Crippen LogP contribution < -0.4 is 5.73 Å². The summed E-state index contributed by atoms with van der Waals surface area (Å²) in [6, 6.07) is 8.20. The van der Waals surface area contributed by atoms with Crippen molar-refractivity contribution < 1.29 is 9.90 Å². The van der Waals surface area contributed by atoms with E-state index in [1.54, 1.807) is 35.4 Å². The number of aromatic hydroxyl groups is 1. The highest BCUT2D eigenvalue weighted by Crippen LogP contribution is 2.17. The lowest BCUT2D eigenvalue weighted by atomic mass is 10.2. The Morgan fingerprint density at radius 1 is 1.38 bits per heavy atom. The monoisotopic (exact) mass is 300 g/mol. The van der Waals surface area contributed by atoms with E-state index in [2.05, 4.69) is 11.8 Å². The highest BCUT2D eigenvalue weighted by atomic mass is 32.1. The Labute approximate surface area is 127 Å². The number of nitrogens with two attached hydrogens (primary N) is 1. The fraction of sp³-hybridized carbons (Fsp3) is 0.188. The van der Waals surface area contributed by atoms with Gasteiger partial charge in [-0.25, -0.2) is 0 Å². The molecule has 2 rings (SSSR count). The molecule has 1 amide bonds. The second kappa shape index (κ2) is 6.93. The minimum Gasteiger partial charge on any atom is -0.508 e. The van der Waals surface area contributed by atoms with E-state index in [0.717, 1.165) is 10.4 Å². The fourth-order valence-corrected chi connectivity index (χ4v) is 2.68. The van der Waals surface area contributed by atoms with Gasteiger partial charge in [0.05, 0.1) is 13.1 Å². The molecule has 108 valence electrons. The van der Waals surface area contributed by atoms with Crippen molar-refractivity contribution in [3.05, 3.63) is 51.7 Å². The van der Waals surface area contributed by atoms with Crippen molar-refractivity contribution in [1.29, 1.82) is 0 Å². The summed E-state index contributed by atoms with van der Waals surface area (Å²) in [5.74, 6) is 5.84. The van der Waals surface area contributed by atoms with Crippen molar-refractivity contribution >= 4 is 17.2 Å². The highest BCUT2D eigenvalue weighted by Gasteiger charge is 2.12. The number of amides is 1. The lowest BCUT2D eigenvalue weighted by molar-refractivity contribution is 0.0786. The molecule has 5 heteroatoms. The van der Waals surface area contributed by atoms with E-state index in [0.29, 0.717) is 18.7 Å². The quantitative estimate of drug-likeness (QED) is 0.852. The first-order chi connectivity index (χ1) is 10.1. The van der Waals surface area contributed by atoms with Gasteiger partial charge >= 0.3 is 0 Å². The number of phenolic OH excluding ortho intramolecular Hbond substituents is 1. The van der Waals surface area contributed by atoms with E-state index < -0.39 is 0 Å². The largest absolute Gasteiger partial charge is 0.508 e. The Morgan fingerprint density at radius 2 is 2.10 bits per heavy atom. The summed E-state index contributed by atoms with van der Waals surface area (Å²) in [6.07, 6.45) is 0. The van der Waals surface area contributed by atoms with Gasteiger partial charge in [-0.2, -0.15) is 0 Å². The maximum Gasteiger partial charge on any atom is 0.253 e. The number of hydrogen-bond acceptors (Lipinski definition) is 4. The average Bonchev–Trinajstić information content (AvgIpc) is 2.92. The number of thiophene rings is 1. The van der Waals surface area contributed by atoms with Crippen molar-refractivity contribution in [3.8, 4) is 17.6 Å². The van der Waals surface area contributed by atoms with E-state index >= 15 is 0 Å². The molecule has 2 aromatic rings. The van der Waals surface area contributed by atoms with Gasteiger partial charge in [0.15, 0.2) is 0 Å². The summed E-state index contributed by atoms with van der Waals surface area (Å²) in [4.78, 5) is 14.9. The number of carbonyl (C=O) groups is 1. The Kier molecular flexibility index (Phi) is 4.99. The van der Waals surface area contributed by atoms with Gasteiger partial charge in [0.2, 0.25) is 0 Å². The third kappa shape index (κ3) is 4.09. The molecule has 0 atom stereocenters. The zero-order valence-corrected chi connectivity index (χ0v) is 12.5. The standard InChI is InChI=1S/C16H16N2O2S/c1-18(16(20)13-4-6-14(19)7-5-13)10-15-9-12(11-21-15)3-2-8-17/h4-7,9,11,19H,8,10,17H2,1H3. The van der Waals surface area contributed by atoms with Crippen LogP contribution in [0, 0.1) is 11.8 Å². The highest BCUT2D eigenvalue weighted by molar-refractivity contribution is 7.10. The maximum absolute atomic E-state index is 12.2. The van der Waals surface area contributed by atoms with Crippen molar-refractivity contribution in [2.45, 2.75) is 6.54 Å². The summed E-state index contributed by atoms with van der Waals surface area (Å²) < 4.78 is 0. The molecule has 0 spiro atoms. The minimum absolute atomic E-state index is 0.0852. The van der Waals surface area contributed by atoms with Crippen LogP contribution in [-0.4, -0.2) is 29.5 Å². The molecule has 0 saturated heterocycles. The lowest BCUT2D eigenvalue weighted by Gasteiger charge is -2.16. The van der Waals surface area contributed by atoms with Crippen LogP contribution in [0.3, 0.4) is 0 Å². The van der Waals surface area contributed by atoms with Gasteiger partial charge in [0.25, 0.3) is 5.91 Å². The molecule has 21 heavy (non-hydrogen) atoms. The van der Waals surface area contributed by atoms with E-state index in [4.69, 9.17) is 5.73 Å². The van der Waals surface area contributed by atoms with Crippen molar-refractivity contribution in [2.24, 2.45) is 5.73 Å². The first-order valence-corrected chi connectivity index (χ1v) is 7.29. The number of rotatable bonds is 3. The van der Waals surface area contributed by atoms with Gasteiger partial charge in [-0.05, 0) is 30.3 Å². The number of benzene rings is 1. The van der Waals surface area contributed by atoms with Gasteiger partial charge in [0.1, 0.15) is 5.75 Å². The van der Waals surface area contributed by atoms with Gasteiger partial charge in [-0.3, -0.25) is 4.79 Å². The molecular formula is C16H16N2O2S. The predicted octanol–water partition coefficient (Wildman–Crippen LogP) is 2.04. The van der Waals surface area contributed by atoms with Crippen molar-refractivity contribution in [3.63, 3.8) is 0 Å². The molecule has 0 radical (unpaired) electrons. The van der Waals surface area contributed by atoms with Crippen molar-refractivity contribution in [1.82, 2.24) is 4.90 Å². The van der Waals surface area contributed by atoms with Crippen molar-refractivity contribution in [2.75, 3.05) is 13.6 Å². The maximum atomic E-state index is 12.2. The third-order valence-corrected chi connectivity index (χ3v) is 3.76. The number of nitrogens with zero attached hydrogens (tertiary/aromatic N) is 1. The predicted molar refractivity (Wildman–Crippen MR) is 84.2 cm³/mol. The summed E-state index contributed by atoms with van der Waals surface area (Å²) in [6.45, 7) is 0.860. The van der Waals surface area contributed by atoms with E-state index in [1.165, 1.54) is 12.1 Å². The zero-order valence-electron chi connectivity index (χ0n) is 11.7. The molecule has 0 saturated carbocycles. The molecule has 0 aliphatic carbocycles. The van der Waals surface area contributed by atoms with Crippen LogP contribution in [-0.2, 0) is 6.54 Å². The summed E-state index contributed by atoms with van der Waals surface area (Å²) >= 11 is 1.57. The Hall–Kier alpha value is -2.29. The molecule has 1 aromatic heterocycles. The molecule has 0 unspecified atom stereocenters. The molecule has 3 N–H and O–H groups in total. The number of hydrogen-bond donors (Lipinski definition) is 2. The summed E-state index contributed by atoms with van der Waals surface area (Å²) in [5, 5.41) is 11.2. The number of carbonyl (C=O) groups excluding carboxylic acids is 1. The fourth-order valence-electron chi connectivity index (χ4n) is 1.81. The van der Waals surface area contributed by atoms with E-state index in [-0.39, 0.29) is 11.7 Å². The topological polar surface area (TPSA) is 66.6 Å². The lowest BCUT2D eigenvalue weighted by Crippen LogP contribution is -2.25.